The second kappa shape index (κ2) is 4.37. The Bertz CT molecular complexity index is 387. The molecule has 0 saturated carbocycles. The molecule has 0 amide bonds. The van der Waals surface area contributed by atoms with Crippen LogP contribution in [0.3, 0.4) is 0 Å². The SMILES string of the molecule is CC(C)C(N)c1c(F)c(F)c(F)c(F)c1F. The highest BCUT2D eigenvalue weighted by molar-refractivity contribution is 5.27. The first kappa shape index (κ1) is 12.9. The predicted octanol–water partition coefficient (Wildman–Crippen LogP) is 3.04. The van der Waals surface area contributed by atoms with Crippen LogP contribution in [0, 0.1) is 35.0 Å². The average molecular weight is 239 g/mol. The van der Waals surface area contributed by atoms with Gasteiger partial charge in [0.1, 0.15) is 0 Å². The quantitative estimate of drug-likeness (QED) is 0.479. The van der Waals surface area contributed by atoms with Crippen LogP contribution in [0.2, 0.25) is 0 Å². The van der Waals surface area contributed by atoms with Crippen LogP contribution in [-0.4, -0.2) is 0 Å². The van der Waals surface area contributed by atoms with Crippen molar-refractivity contribution in [2.24, 2.45) is 11.7 Å². The molecule has 1 aromatic rings. The molecule has 0 heterocycles. The van der Waals surface area contributed by atoms with Gasteiger partial charge in [-0.15, -0.1) is 0 Å². The van der Waals surface area contributed by atoms with Gasteiger partial charge in [-0.1, -0.05) is 13.8 Å². The summed E-state index contributed by atoms with van der Waals surface area (Å²) in [6.45, 7) is 3.03. The molecule has 1 unspecified atom stereocenters. The highest BCUT2D eigenvalue weighted by Crippen LogP contribution is 2.29. The van der Waals surface area contributed by atoms with Gasteiger partial charge in [0.25, 0.3) is 0 Å². The third-order valence-corrected chi connectivity index (χ3v) is 2.30. The summed E-state index contributed by atoms with van der Waals surface area (Å²) in [6.07, 6.45) is 0. The van der Waals surface area contributed by atoms with Gasteiger partial charge >= 0.3 is 0 Å². The largest absolute Gasteiger partial charge is 0.324 e. The van der Waals surface area contributed by atoms with Gasteiger partial charge in [-0.05, 0) is 5.92 Å². The molecule has 2 N–H and O–H groups in total. The molecule has 0 bridgehead atoms. The summed E-state index contributed by atoms with van der Waals surface area (Å²) in [7, 11) is 0. The minimum atomic E-state index is -2.17. The van der Waals surface area contributed by atoms with Crippen LogP contribution < -0.4 is 5.73 Å². The zero-order valence-corrected chi connectivity index (χ0v) is 8.62. The standard InChI is InChI=1S/C10H10F5N/c1-3(2)10(16)4-5(11)7(13)9(15)8(14)6(4)12/h3,10H,16H2,1-2H3. The van der Waals surface area contributed by atoms with E-state index in [0.29, 0.717) is 0 Å². The molecule has 0 saturated heterocycles. The van der Waals surface area contributed by atoms with Gasteiger partial charge in [0.15, 0.2) is 23.3 Å². The van der Waals surface area contributed by atoms with Crippen LogP contribution in [-0.2, 0) is 0 Å². The summed E-state index contributed by atoms with van der Waals surface area (Å²) < 4.78 is 64.7. The Labute approximate surface area is 89.1 Å². The number of hydrogen-bond acceptors (Lipinski definition) is 1. The molecule has 0 radical (unpaired) electrons. The van der Waals surface area contributed by atoms with Crippen molar-refractivity contribution >= 4 is 0 Å². The Kier molecular flexibility index (Phi) is 3.52. The molecule has 0 aliphatic heterocycles. The first-order chi connectivity index (χ1) is 7.29. The van der Waals surface area contributed by atoms with E-state index in [1.165, 1.54) is 13.8 Å². The van der Waals surface area contributed by atoms with E-state index >= 15 is 0 Å². The monoisotopic (exact) mass is 239 g/mol. The number of benzene rings is 1. The van der Waals surface area contributed by atoms with Crippen LogP contribution >= 0.6 is 0 Å². The Morgan fingerprint density at radius 3 is 1.38 bits per heavy atom. The molecular weight excluding hydrogens is 229 g/mol. The van der Waals surface area contributed by atoms with Crippen LogP contribution in [0.1, 0.15) is 25.5 Å². The number of halogens is 5. The van der Waals surface area contributed by atoms with E-state index in [2.05, 4.69) is 0 Å². The lowest BCUT2D eigenvalue weighted by Gasteiger charge is -2.18. The lowest BCUT2D eigenvalue weighted by atomic mass is 9.95. The molecule has 16 heavy (non-hydrogen) atoms. The van der Waals surface area contributed by atoms with Gasteiger partial charge in [-0.2, -0.15) is 0 Å². The fourth-order valence-corrected chi connectivity index (χ4v) is 1.25. The van der Waals surface area contributed by atoms with Gasteiger partial charge in [-0.25, -0.2) is 22.0 Å². The van der Waals surface area contributed by atoms with Crippen LogP contribution in [0.4, 0.5) is 22.0 Å². The smallest absolute Gasteiger partial charge is 0.200 e. The van der Waals surface area contributed by atoms with Crippen molar-refractivity contribution in [3.05, 3.63) is 34.6 Å². The fraction of sp³-hybridized carbons (Fsp3) is 0.400. The Morgan fingerprint density at radius 1 is 0.750 bits per heavy atom. The van der Waals surface area contributed by atoms with E-state index in [-0.39, 0.29) is 0 Å². The first-order valence-corrected chi connectivity index (χ1v) is 4.55. The number of hydrogen-bond donors (Lipinski definition) is 1. The molecular formula is C10H10F5N. The second-order valence-corrected chi connectivity index (χ2v) is 3.75. The molecule has 0 aromatic heterocycles. The molecule has 1 nitrogen and oxygen atoms in total. The molecule has 0 aliphatic carbocycles. The summed E-state index contributed by atoms with van der Waals surface area (Å²) in [6, 6.07) is -1.25. The van der Waals surface area contributed by atoms with Crippen LogP contribution in [0.15, 0.2) is 0 Å². The summed E-state index contributed by atoms with van der Waals surface area (Å²) in [5.41, 5.74) is 4.43. The molecule has 1 atom stereocenters. The topological polar surface area (TPSA) is 26.0 Å². The maximum atomic E-state index is 13.2. The van der Waals surface area contributed by atoms with E-state index in [1.54, 1.807) is 0 Å². The average Bonchev–Trinajstić information content (AvgIpc) is 2.23. The van der Waals surface area contributed by atoms with Crippen molar-refractivity contribution in [3.63, 3.8) is 0 Å². The first-order valence-electron chi connectivity index (χ1n) is 4.55. The van der Waals surface area contributed by atoms with E-state index in [1.807, 2.05) is 0 Å². The number of rotatable bonds is 2. The number of nitrogens with two attached hydrogens (primary N) is 1. The normalized spacial score (nSPS) is 13.3. The van der Waals surface area contributed by atoms with Crippen molar-refractivity contribution in [2.75, 3.05) is 0 Å². The Balaban J connectivity index is 3.51. The van der Waals surface area contributed by atoms with Crippen molar-refractivity contribution in [2.45, 2.75) is 19.9 Å². The molecule has 90 valence electrons. The van der Waals surface area contributed by atoms with Crippen LogP contribution in [0.5, 0.6) is 0 Å². The third kappa shape index (κ3) is 1.89. The highest BCUT2D eigenvalue weighted by atomic mass is 19.2. The molecule has 1 aromatic carbocycles. The van der Waals surface area contributed by atoms with E-state index < -0.39 is 46.6 Å². The second-order valence-electron chi connectivity index (χ2n) is 3.75. The summed E-state index contributed by atoms with van der Waals surface area (Å²) >= 11 is 0. The minimum Gasteiger partial charge on any atom is -0.324 e. The van der Waals surface area contributed by atoms with Crippen molar-refractivity contribution in [1.29, 1.82) is 0 Å². The van der Waals surface area contributed by atoms with Crippen LogP contribution in [0.25, 0.3) is 0 Å². The minimum absolute atomic E-state index is 0.451. The third-order valence-electron chi connectivity index (χ3n) is 2.30. The fourth-order valence-electron chi connectivity index (χ4n) is 1.25. The molecule has 0 aliphatic rings. The highest BCUT2D eigenvalue weighted by Gasteiger charge is 2.29. The molecule has 0 spiro atoms. The summed E-state index contributed by atoms with van der Waals surface area (Å²) in [5.74, 6) is -10.3. The van der Waals surface area contributed by atoms with E-state index in [4.69, 9.17) is 5.73 Å². The zero-order valence-electron chi connectivity index (χ0n) is 8.62. The lowest BCUT2D eigenvalue weighted by Crippen LogP contribution is -2.22. The van der Waals surface area contributed by atoms with E-state index in [0.717, 1.165) is 0 Å². The summed E-state index contributed by atoms with van der Waals surface area (Å²) in [5, 5.41) is 0. The molecule has 6 heteroatoms. The van der Waals surface area contributed by atoms with Gasteiger partial charge in [-0.3, -0.25) is 0 Å². The van der Waals surface area contributed by atoms with Crippen molar-refractivity contribution in [1.82, 2.24) is 0 Å². The maximum Gasteiger partial charge on any atom is 0.200 e. The maximum absolute atomic E-state index is 13.2. The van der Waals surface area contributed by atoms with Crippen molar-refractivity contribution in [3.8, 4) is 0 Å². The Morgan fingerprint density at radius 2 is 1.06 bits per heavy atom. The van der Waals surface area contributed by atoms with E-state index in [9.17, 15) is 22.0 Å². The summed E-state index contributed by atoms with van der Waals surface area (Å²) in [4.78, 5) is 0. The van der Waals surface area contributed by atoms with Crippen molar-refractivity contribution < 1.29 is 22.0 Å². The van der Waals surface area contributed by atoms with Gasteiger partial charge in [0.05, 0.1) is 0 Å². The van der Waals surface area contributed by atoms with Gasteiger partial charge < -0.3 is 5.73 Å². The predicted molar refractivity (Wildman–Crippen MR) is 48.0 cm³/mol. The lowest BCUT2D eigenvalue weighted by molar-refractivity contribution is 0.353. The van der Waals surface area contributed by atoms with Gasteiger partial charge in [0, 0.05) is 11.6 Å². The van der Waals surface area contributed by atoms with Gasteiger partial charge in [0.2, 0.25) is 5.82 Å². The zero-order chi connectivity index (χ0) is 12.6. The Hall–Kier alpha value is -1.17. The molecule has 0 fully saturated rings. The molecule has 1 rings (SSSR count).